The van der Waals surface area contributed by atoms with Crippen LogP contribution in [0.2, 0.25) is 0 Å². The normalized spacial score (nSPS) is 11.3. The van der Waals surface area contributed by atoms with Crippen LogP contribution < -0.4 is 4.74 Å². The molecule has 24 heavy (non-hydrogen) atoms. The average molecular weight is 379 g/mol. The van der Waals surface area contributed by atoms with Gasteiger partial charge in [-0.25, -0.2) is 0 Å². The first-order chi connectivity index (χ1) is 11.8. The van der Waals surface area contributed by atoms with Crippen molar-refractivity contribution in [3.63, 3.8) is 0 Å². The second-order valence-electron chi connectivity index (χ2n) is 5.43. The zero-order valence-electron chi connectivity index (χ0n) is 13.5. The molecule has 0 saturated heterocycles. The van der Waals surface area contributed by atoms with Gasteiger partial charge in [0.05, 0.1) is 0 Å². The van der Waals surface area contributed by atoms with E-state index in [0.717, 1.165) is 28.0 Å². The van der Waals surface area contributed by atoms with Crippen molar-refractivity contribution in [1.82, 2.24) is 0 Å². The van der Waals surface area contributed by atoms with E-state index in [1.165, 1.54) is 11.1 Å². The van der Waals surface area contributed by atoms with Crippen molar-refractivity contribution in [3.8, 4) is 5.75 Å². The second-order valence-corrected chi connectivity index (χ2v) is 6.25. The number of rotatable bonds is 5. The maximum absolute atomic E-state index is 5.19. The predicted molar refractivity (Wildman–Crippen MR) is 101 cm³/mol. The van der Waals surface area contributed by atoms with Crippen molar-refractivity contribution < 1.29 is 4.74 Å². The fraction of sp³-hybridized carbons (Fsp3) is 0.0952. The van der Waals surface area contributed by atoms with Crippen LogP contribution in [0.5, 0.6) is 5.75 Å². The minimum atomic E-state index is 0.833. The molecule has 0 spiro atoms. The average Bonchev–Trinajstić information content (AvgIpc) is 2.63. The summed E-state index contributed by atoms with van der Waals surface area (Å²) in [6, 6.07) is 26.6. The Morgan fingerprint density at radius 3 is 2.25 bits per heavy atom. The molecule has 3 aromatic carbocycles. The van der Waals surface area contributed by atoms with Crippen LogP contribution in [0, 0.1) is 0 Å². The van der Waals surface area contributed by atoms with Crippen LogP contribution in [0.3, 0.4) is 0 Å². The standard InChI is InChI=1S/C21H18NOSe/c1-23-19-13-11-18(12-14-19)22-21(24)20-10-6-5-9-17(20)15-16-7-3-2-4-8-16/h2-14H,15H2,1H3. The van der Waals surface area contributed by atoms with E-state index in [4.69, 9.17) is 9.73 Å². The van der Waals surface area contributed by atoms with E-state index >= 15 is 0 Å². The number of methoxy groups -OCH3 is 1. The van der Waals surface area contributed by atoms with Crippen LogP contribution >= 0.6 is 0 Å². The second kappa shape index (κ2) is 7.96. The van der Waals surface area contributed by atoms with E-state index in [-0.39, 0.29) is 0 Å². The third-order valence-corrected chi connectivity index (χ3v) is 4.44. The Bertz CT molecular complexity index is 826. The molecule has 3 heteroatoms. The summed E-state index contributed by atoms with van der Waals surface area (Å²) in [5, 5.41) is 0. The van der Waals surface area contributed by atoms with Crippen molar-refractivity contribution >= 4 is 26.3 Å². The summed E-state index contributed by atoms with van der Waals surface area (Å²) < 4.78 is 6.08. The third kappa shape index (κ3) is 4.14. The molecule has 0 N–H and O–H groups in total. The van der Waals surface area contributed by atoms with Crippen LogP contribution in [0.25, 0.3) is 0 Å². The SMILES string of the molecule is COc1ccc(N=C([Se])c2ccccc2Cc2ccccc2)cc1. The van der Waals surface area contributed by atoms with Gasteiger partial charge in [-0.3, -0.25) is 0 Å². The van der Waals surface area contributed by atoms with Gasteiger partial charge < -0.3 is 0 Å². The Morgan fingerprint density at radius 1 is 0.875 bits per heavy atom. The predicted octanol–water partition coefficient (Wildman–Crippen LogP) is 4.53. The van der Waals surface area contributed by atoms with E-state index in [1.54, 1.807) is 7.11 Å². The molecule has 119 valence electrons. The molecule has 1 radical (unpaired) electrons. The van der Waals surface area contributed by atoms with Crippen LogP contribution in [-0.4, -0.2) is 27.7 Å². The molecule has 0 aromatic heterocycles. The number of ether oxygens (including phenoxy) is 1. The topological polar surface area (TPSA) is 21.6 Å². The first kappa shape index (κ1) is 16.5. The van der Waals surface area contributed by atoms with Crippen molar-refractivity contribution in [3.05, 3.63) is 95.6 Å². The summed E-state index contributed by atoms with van der Waals surface area (Å²) in [7, 11) is 1.66. The van der Waals surface area contributed by atoms with Gasteiger partial charge in [-0.1, -0.05) is 0 Å². The van der Waals surface area contributed by atoms with Crippen molar-refractivity contribution in [2.75, 3.05) is 7.11 Å². The fourth-order valence-electron chi connectivity index (χ4n) is 2.53. The molecule has 0 atom stereocenters. The van der Waals surface area contributed by atoms with Crippen LogP contribution in [0.15, 0.2) is 83.9 Å². The number of benzene rings is 3. The van der Waals surface area contributed by atoms with E-state index < -0.39 is 0 Å². The van der Waals surface area contributed by atoms with Gasteiger partial charge in [0.25, 0.3) is 0 Å². The molecule has 0 aliphatic carbocycles. The fourth-order valence-corrected chi connectivity index (χ4v) is 3.17. The summed E-state index contributed by atoms with van der Waals surface area (Å²) in [6.45, 7) is 0. The Hall–Kier alpha value is -2.35. The van der Waals surface area contributed by atoms with Crippen LogP contribution in [0.1, 0.15) is 16.7 Å². The van der Waals surface area contributed by atoms with Gasteiger partial charge in [0.2, 0.25) is 0 Å². The molecule has 0 bridgehead atoms. The molecule has 0 unspecified atom stereocenters. The summed E-state index contributed by atoms with van der Waals surface area (Å²) in [6.07, 6.45) is 0.889. The number of hydrogen-bond donors (Lipinski definition) is 0. The Labute approximate surface area is 151 Å². The molecule has 3 rings (SSSR count). The van der Waals surface area contributed by atoms with Crippen LogP contribution in [-0.2, 0) is 6.42 Å². The molecule has 0 amide bonds. The monoisotopic (exact) mass is 380 g/mol. The molecule has 3 aromatic rings. The minimum absolute atomic E-state index is 0.833. The summed E-state index contributed by atoms with van der Waals surface area (Å²) >= 11 is 3.12. The molecular weight excluding hydrogens is 361 g/mol. The first-order valence-electron chi connectivity index (χ1n) is 7.78. The van der Waals surface area contributed by atoms with Crippen molar-refractivity contribution in [2.24, 2.45) is 4.99 Å². The van der Waals surface area contributed by atoms with Crippen molar-refractivity contribution in [2.45, 2.75) is 6.42 Å². The summed E-state index contributed by atoms with van der Waals surface area (Å²) in [5.41, 5.74) is 4.59. The van der Waals surface area contributed by atoms with E-state index in [0.29, 0.717) is 0 Å². The summed E-state index contributed by atoms with van der Waals surface area (Å²) in [4.78, 5) is 4.71. The molecule has 0 saturated carbocycles. The van der Waals surface area contributed by atoms with Gasteiger partial charge >= 0.3 is 151 Å². The van der Waals surface area contributed by atoms with E-state index in [2.05, 4.69) is 58.5 Å². The van der Waals surface area contributed by atoms with Gasteiger partial charge in [0.15, 0.2) is 0 Å². The zero-order valence-corrected chi connectivity index (χ0v) is 15.2. The molecule has 0 fully saturated rings. The van der Waals surface area contributed by atoms with Crippen LogP contribution in [0.4, 0.5) is 5.69 Å². The molecule has 0 heterocycles. The molecule has 2 nitrogen and oxygen atoms in total. The number of nitrogens with zero attached hydrogens (tertiary/aromatic N) is 1. The van der Waals surface area contributed by atoms with Gasteiger partial charge in [0.1, 0.15) is 0 Å². The first-order valence-corrected chi connectivity index (χ1v) is 8.64. The Kier molecular flexibility index (Phi) is 5.47. The molecule has 0 aliphatic rings. The number of hydrogen-bond acceptors (Lipinski definition) is 2. The summed E-state index contributed by atoms with van der Waals surface area (Å²) in [5.74, 6) is 0.833. The molecule has 0 aliphatic heterocycles. The zero-order chi connectivity index (χ0) is 16.8. The van der Waals surface area contributed by atoms with Gasteiger partial charge in [0, 0.05) is 0 Å². The third-order valence-electron chi connectivity index (χ3n) is 3.79. The van der Waals surface area contributed by atoms with Gasteiger partial charge in [-0.2, -0.15) is 0 Å². The Morgan fingerprint density at radius 2 is 1.54 bits per heavy atom. The quantitative estimate of drug-likeness (QED) is 0.471. The van der Waals surface area contributed by atoms with Gasteiger partial charge in [-0.15, -0.1) is 0 Å². The van der Waals surface area contributed by atoms with E-state index in [1.807, 2.05) is 36.4 Å². The maximum atomic E-state index is 5.19. The van der Waals surface area contributed by atoms with E-state index in [9.17, 15) is 0 Å². The Balaban J connectivity index is 1.89. The molecular formula is C21H18NOSe. The van der Waals surface area contributed by atoms with Gasteiger partial charge in [-0.05, 0) is 0 Å². The van der Waals surface area contributed by atoms with Crippen molar-refractivity contribution in [1.29, 1.82) is 0 Å². The number of aliphatic imine (C=N–C) groups is 1.